The number of anilines is 4. The van der Waals surface area contributed by atoms with E-state index in [-0.39, 0.29) is 144 Å². The number of pyridine rings is 4. The second kappa shape index (κ2) is 40.5. The molecule has 10 aromatic rings. The van der Waals surface area contributed by atoms with Gasteiger partial charge in [-0.25, -0.2) is 38.5 Å². The number of aryl methyl sites for hydroxylation is 1. The predicted octanol–water partition coefficient (Wildman–Crippen LogP) is 11.4. The summed E-state index contributed by atoms with van der Waals surface area (Å²) in [4.78, 5) is 48.8. The predicted molar refractivity (Wildman–Crippen MR) is 329 cm³/mol. The third kappa shape index (κ3) is 24.5. The quantitative estimate of drug-likeness (QED) is 0.0366. The number of nitrogens with zero attached hydrogens (tertiary/aromatic N) is 8. The molecule has 10 rings (SSSR count). The van der Waals surface area contributed by atoms with Crippen molar-refractivity contribution in [3.8, 4) is 45.5 Å². The van der Waals surface area contributed by atoms with E-state index in [2.05, 4.69) is 74.9 Å². The first kappa shape index (κ1) is 75.2. The van der Waals surface area contributed by atoms with Gasteiger partial charge in [-0.15, -0.1) is 0 Å². The second-order valence-corrected chi connectivity index (χ2v) is 26.6. The molecule has 0 bridgehead atoms. The average Bonchev–Trinajstić information content (AvgIpc) is 3.65. The number of hydrogen-bond donors (Lipinski definition) is 4. The molecule has 0 amide bonds. The molecular weight excluding hydrogens is 1440 g/mol. The van der Waals surface area contributed by atoms with Gasteiger partial charge in [0.25, 0.3) is 0 Å². The van der Waals surface area contributed by atoms with E-state index >= 15 is 0 Å². The van der Waals surface area contributed by atoms with E-state index in [1.54, 1.807) is 49.1 Å². The van der Waals surface area contributed by atoms with Crippen LogP contribution in [0.25, 0.3) is 55.7 Å². The van der Waals surface area contributed by atoms with Crippen molar-refractivity contribution in [1.29, 1.82) is 0 Å². The van der Waals surface area contributed by atoms with E-state index in [0.29, 0.717) is 61.9 Å². The molecule has 2 atom stereocenters. The van der Waals surface area contributed by atoms with Crippen molar-refractivity contribution in [2.75, 3.05) is 17.7 Å². The molecule has 0 spiro atoms. The number of carbonyl (C=O) groups is 1. The van der Waals surface area contributed by atoms with Crippen molar-refractivity contribution < 1.29 is 157 Å². The summed E-state index contributed by atoms with van der Waals surface area (Å²) in [5.74, 6) is 2.29. The molecule has 0 saturated heterocycles. The number of aromatic nitrogens is 8. The van der Waals surface area contributed by atoms with Gasteiger partial charge < -0.3 is 49.9 Å². The van der Waals surface area contributed by atoms with Crippen molar-refractivity contribution >= 4 is 150 Å². The van der Waals surface area contributed by atoms with Crippen molar-refractivity contribution in [3.63, 3.8) is 0 Å². The van der Waals surface area contributed by atoms with Crippen LogP contribution in [0.5, 0.6) is 11.6 Å². The second-order valence-electron chi connectivity index (χ2n) is 15.4. The van der Waals surface area contributed by atoms with Gasteiger partial charge >= 0.3 is 151 Å². The molecule has 6 heterocycles. The molecule has 31 heteroatoms. The van der Waals surface area contributed by atoms with Crippen LogP contribution in [0.4, 0.5) is 36.6 Å². The molecule has 83 heavy (non-hydrogen) atoms. The Morgan fingerprint density at radius 2 is 1.25 bits per heavy atom. The standard InChI is InChI=1S/C25H17ClFN5.C19H11BrClFN4.C6H7BNO3.CH4O3P4.CH4.2ClH.2K.Pd/c1-15-4-5-17(14-29-15)16-6-8-20-23(11-16)31-24(18-3-2-10-28-13-18)32-25(20)30-19-7-9-22(27)21(26)12-19;20-12-3-5-14-17(8-12)25-18(11-2-1-7-23-10-11)26-19(14)24-13-4-6-16(22)15(21)9-13;1-10-6-3-2-5(4-8-6)11-7-9;2-1(4-3)6-8-7-5;;;;;;/h2-14H,1H3,(H,30,31,32);1-10H,(H,24,25,26);2-4,9H,1H3;3,5-7H;1H4;2*1H;;;/q;;;-2;;;;2*+1;+2/p-2. The molecule has 16 nitrogen and oxygen atoms in total. The summed E-state index contributed by atoms with van der Waals surface area (Å²) in [5.41, 5.74) is 6.77. The SMILES string of the molecule is C.COc1ccc(O[B]O)cn1.Cc1ccc(-c2ccc3c(Nc4ccc(F)c(Cl)c4)nc(-c4cccnc4)nc3c2)cn1.Fc1ccc(Nc2nc(-c3cccnc3)nc3cc(Br)ccc23)cc1Cl.O=C(OO)P[P-]P[PH-].[Cl][Pd][Cl].[K+].[K+]. The third-order valence-electron chi connectivity index (χ3n) is 10.2. The summed E-state index contributed by atoms with van der Waals surface area (Å²) in [6.07, 6.45) is 10.1. The van der Waals surface area contributed by atoms with E-state index < -0.39 is 17.3 Å². The molecule has 421 valence electrons. The Labute approximate surface area is 605 Å². The number of halogens is 7. The Morgan fingerprint density at radius 1 is 0.711 bits per heavy atom. The summed E-state index contributed by atoms with van der Waals surface area (Å²) in [6.45, 7) is 1.96. The zero-order valence-corrected chi connectivity index (χ0v) is 59.4. The number of methoxy groups -OCH3 is 1. The number of ether oxygens (including phenoxy) is 1. The zero-order chi connectivity index (χ0) is 57.4. The monoisotopic (exact) mass is 1480 g/mol. The van der Waals surface area contributed by atoms with Crippen molar-refractivity contribution in [1.82, 2.24) is 39.9 Å². The number of benzene rings is 4. The third-order valence-corrected chi connectivity index (χ3v) is 18.0. The molecule has 6 aromatic heterocycles. The molecule has 4 N–H and O–H groups in total. The average molecular weight is 1480 g/mol. The molecule has 4 aromatic carbocycles. The van der Waals surface area contributed by atoms with E-state index in [1.165, 1.54) is 37.6 Å². The van der Waals surface area contributed by atoms with Gasteiger partial charge in [0, 0.05) is 86.1 Å². The minimum absolute atomic E-state index is 0. The number of fused-ring (bicyclic) bond motifs is 2. The van der Waals surface area contributed by atoms with E-state index in [4.69, 9.17) is 67.2 Å². The number of carbonyl (C=O) groups excluding carboxylic acids is 1. The van der Waals surface area contributed by atoms with Crippen molar-refractivity contribution in [3.05, 3.63) is 190 Å². The van der Waals surface area contributed by atoms with Crippen LogP contribution in [0.2, 0.25) is 10.0 Å². The van der Waals surface area contributed by atoms with Gasteiger partial charge in [-0.2, -0.15) is 13.5 Å². The van der Waals surface area contributed by atoms with Crippen molar-refractivity contribution in [2.24, 2.45) is 0 Å². The molecular formula is C52H43BBrCl4F2K2N10O6P4Pd. The van der Waals surface area contributed by atoms with Gasteiger partial charge in [-0.05, 0) is 116 Å². The number of rotatable bonds is 13. The van der Waals surface area contributed by atoms with Gasteiger partial charge in [-0.3, -0.25) is 19.8 Å². The molecule has 1 radical (unpaired) electrons. The van der Waals surface area contributed by atoms with Crippen LogP contribution >= 0.6 is 91.3 Å². The summed E-state index contributed by atoms with van der Waals surface area (Å²) < 4.78 is 37.4. The van der Waals surface area contributed by atoms with E-state index in [9.17, 15) is 13.6 Å². The smallest absolute Gasteiger partial charge is 1.00 e. The molecule has 0 aliphatic carbocycles. The molecule has 0 saturated carbocycles. The maximum Gasteiger partial charge on any atom is 1.00 e. The van der Waals surface area contributed by atoms with Gasteiger partial charge in [0.15, 0.2) is 11.6 Å². The molecule has 0 aliphatic rings. The van der Waals surface area contributed by atoms with E-state index in [0.717, 1.165) is 62.2 Å². The minimum atomic E-state index is -0.558. The Balaban J connectivity index is 0.000000316. The van der Waals surface area contributed by atoms with E-state index in [1.807, 2.05) is 85.9 Å². The van der Waals surface area contributed by atoms with Crippen LogP contribution in [0.3, 0.4) is 0 Å². The topological polar surface area (TPSA) is 212 Å². The number of hydrogen-bond acceptors (Lipinski definition) is 16. The first-order valence-electron chi connectivity index (χ1n) is 22.4. The Hall–Kier alpha value is -2.03. The summed E-state index contributed by atoms with van der Waals surface area (Å²) >= 11 is 15.2. The van der Waals surface area contributed by atoms with Crippen LogP contribution in [0.15, 0.2) is 163 Å². The van der Waals surface area contributed by atoms with Gasteiger partial charge in [0.2, 0.25) is 5.88 Å². The van der Waals surface area contributed by atoms with Crippen LogP contribution in [-0.4, -0.2) is 70.7 Å². The van der Waals surface area contributed by atoms with Crippen molar-refractivity contribution in [2.45, 2.75) is 14.4 Å². The maximum atomic E-state index is 13.6. The minimum Gasteiger partial charge on any atom is 1.00 e. The molecule has 2 unspecified atom stereocenters. The summed E-state index contributed by atoms with van der Waals surface area (Å²) in [6, 6.07) is 35.4. The maximum absolute atomic E-state index is 13.6. The van der Waals surface area contributed by atoms with Gasteiger partial charge in [-0.1, -0.05) is 58.7 Å². The molecule has 0 fully saturated rings. The fourth-order valence-corrected chi connectivity index (χ4v) is 10.9. The van der Waals surface area contributed by atoms with Crippen LogP contribution < -0.4 is 123 Å². The van der Waals surface area contributed by atoms with Crippen LogP contribution in [0.1, 0.15) is 13.1 Å². The van der Waals surface area contributed by atoms with Gasteiger partial charge in [0.1, 0.15) is 29.0 Å². The Morgan fingerprint density at radius 3 is 1.70 bits per heavy atom. The zero-order valence-electron chi connectivity index (χ0n) is 43.1. The number of nitrogens with one attached hydrogen (secondary N) is 2. The Bertz CT molecular complexity index is 3640. The van der Waals surface area contributed by atoms with Gasteiger partial charge in [0.05, 0.1) is 34.4 Å². The van der Waals surface area contributed by atoms with Crippen LogP contribution in [0, 0.1) is 18.6 Å². The fourth-order valence-electron chi connectivity index (χ4n) is 6.62. The van der Waals surface area contributed by atoms with Crippen LogP contribution in [-0.2, 0) is 20.8 Å². The first-order valence-corrected chi connectivity index (χ1v) is 34.0. The Kier molecular flexibility index (Phi) is 36.7. The largest absolute Gasteiger partial charge is 1.00 e. The fraction of sp³-hybridized carbons (Fsp3) is 0.0577. The summed E-state index contributed by atoms with van der Waals surface area (Å²) in [5, 5.41) is 24.1. The summed E-state index contributed by atoms with van der Waals surface area (Å²) in [7, 11) is 16.5. The molecule has 0 aliphatic heterocycles. The first-order chi connectivity index (χ1) is 38.7. The normalized spacial score (nSPS) is 10.4.